The van der Waals surface area contributed by atoms with E-state index in [0.717, 1.165) is 96.3 Å². The highest BCUT2D eigenvalue weighted by molar-refractivity contribution is 5.76. The number of carbonyl (C=O) groups is 1. The first kappa shape index (κ1) is 98.6. The molecular formula is C89H155NO18. The fraction of sp³-hybridized carbons (Fsp3) is 0.787. The molecule has 0 aromatic rings. The smallest absolute Gasteiger partial charge is 0.220 e. The predicted molar refractivity (Wildman–Crippen MR) is 434 cm³/mol. The molecule has 1 amide bonds. The molecule has 17 unspecified atom stereocenters. The Morgan fingerprint density at radius 3 is 1.04 bits per heavy atom. The Kier molecular flexibility index (Phi) is 62.0. The van der Waals surface area contributed by atoms with Gasteiger partial charge in [0.1, 0.15) is 73.2 Å². The molecule has 0 aliphatic carbocycles. The van der Waals surface area contributed by atoms with Crippen LogP contribution >= 0.6 is 0 Å². The van der Waals surface area contributed by atoms with Crippen molar-refractivity contribution in [1.82, 2.24) is 5.32 Å². The van der Waals surface area contributed by atoms with E-state index in [-0.39, 0.29) is 18.9 Å². The van der Waals surface area contributed by atoms with Crippen LogP contribution in [0.3, 0.4) is 0 Å². The lowest BCUT2D eigenvalue weighted by Crippen LogP contribution is -2.66. The van der Waals surface area contributed by atoms with Gasteiger partial charge < -0.3 is 89.9 Å². The largest absolute Gasteiger partial charge is 0.394 e. The van der Waals surface area contributed by atoms with Crippen LogP contribution in [0.15, 0.2) is 109 Å². The summed E-state index contributed by atoms with van der Waals surface area (Å²) >= 11 is 0. The number of allylic oxidation sites excluding steroid dienone is 17. The minimum Gasteiger partial charge on any atom is -0.394 e. The number of unbranched alkanes of at least 4 members (excludes halogenated alkanes) is 36. The van der Waals surface area contributed by atoms with Gasteiger partial charge in [0.05, 0.1) is 38.6 Å². The molecule has 0 bridgehead atoms. The van der Waals surface area contributed by atoms with E-state index in [4.69, 9.17) is 28.4 Å². The number of hydrogen-bond acceptors (Lipinski definition) is 18. The number of carbonyl (C=O) groups excluding carboxylic acids is 1. The van der Waals surface area contributed by atoms with Crippen molar-refractivity contribution in [3.63, 3.8) is 0 Å². The molecule has 0 saturated carbocycles. The second kappa shape index (κ2) is 67.9. The minimum absolute atomic E-state index is 0.226. The zero-order valence-corrected chi connectivity index (χ0v) is 67.0. The highest BCUT2D eigenvalue weighted by Crippen LogP contribution is 2.33. The van der Waals surface area contributed by atoms with Crippen LogP contribution in [0.25, 0.3) is 0 Å². The van der Waals surface area contributed by atoms with E-state index in [0.29, 0.717) is 12.8 Å². The van der Waals surface area contributed by atoms with Gasteiger partial charge in [-0.15, -0.1) is 0 Å². The molecule has 3 aliphatic rings. The van der Waals surface area contributed by atoms with Gasteiger partial charge in [0, 0.05) is 6.42 Å². The molecule has 17 atom stereocenters. The summed E-state index contributed by atoms with van der Waals surface area (Å²) < 4.78 is 34.5. The first-order valence-corrected chi connectivity index (χ1v) is 43.1. The Morgan fingerprint density at radius 1 is 0.343 bits per heavy atom. The number of nitrogens with one attached hydrogen (secondary N) is 1. The van der Waals surface area contributed by atoms with Gasteiger partial charge in [-0.05, 0) is 89.9 Å². The minimum atomic E-state index is -1.99. The molecule has 19 heteroatoms. The van der Waals surface area contributed by atoms with Gasteiger partial charge in [-0.2, -0.15) is 0 Å². The van der Waals surface area contributed by atoms with Crippen molar-refractivity contribution in [3.8, 4) is 0 Å². The standard InChI is InChI=1S/C89H155NO18/c1-3-5-7-9-11-13-15-17-19-21-23-25-27-29-31-33-35-36-37-39-41-43-45-47-49-51-53-55-57-59-61-63-65-67-77(95)90-72(73(94)66-64-62-60-58-56-54-52-50-48-46-44-42-40-38-34-32-30-28-26-24-22-20-18-16-14-12-10-8-6-4-2)71-103-87-83(101)80(98)85(75(69-92)105-87)108-89-84(102)81(99)86(76(70-93)106-89)107-88-82(100)79(97)78(96)74(68-91)104-88/h5,7,11,13,17,19,23,25,29,31,35-36,39,41,56,58,64,66,72-76,78-89,91-94,96-102H,3-4,6,8-10,12,14-16,18,20-22,24,26-28,30,32-34,37-38,40,42-55,57,59-63,65,67-71H2,1-2H3,(H,90,95)/b7-5-,13-11-,19-17-,25-23-,31-29-,36-35-,41-39-,58-56+,66-64+. The molecule has 3 aliphatic heterocycles. The summed E-state index contributed by atoms with van der Waals surface area (Å²) in [6.07, 6.45) is 67.9. The lowest BCUT2D eigenvalue weighted by molar-refractivity contribution is -0.379. The van der Waals surface area contributed by atoms with Crippen molar-refractivity contribution >= 4 is 5.91 Å². The maximum Gasteiger partial charge on any atom is 0.220 e. The molecule has 3 heterocycles. The van der Waals surface area contributed by atoms with Crippen LogP contribution in [-0.4, -0.2) is 193 Å². The third-order valence-electron chi connectivity index (χ3n) is 20.8. The zero-order valence-electron chi connectivity index (χ0n) is 67.0. The monoisotopic (exact) mass is 1530 g/mol. The highest BCUT2D eigenvalue weighted by Gasteiger charge is 2.54. The van der Waals surface area contributed by atoms with E-state index in [1.807, 2.05) is 6.08 Å². The summed E-state index contributed by atoms with van der Waals surface area (Å²) in [5, 5.41) is 121. The van der Waals surface area contributed by atoms with Crippen LogP contribution < -0.4 is 5.32 Å². The van der Waals surface area contributed by atoms with E-state index in [1.54, 1.807) is 6.08 Å². The van der Waals surface area contributed by atoms with Crippen molar-refractivity contribution in [2.45, 2.75) is 420 Å². The molecule has 3 saturated heterocycles. The maximum absolute atomic E-state index is 13.5. The molecule has 624 valence electrons. The zero-order chi connectivity index (χ0) is 78.1. The quantitative estimate of drug-likeness (QED) is 0.0199. The third-order valence-corrected chi connectivity index (χ3v) is 20.8. The molecule has 0 aromatic carbocycles. The van der Waals surface area contributed by atoms with Crippen molar-refractivity contribution < 1.29 is 89.4 Å². The van der Waals surface area contributed by atoms with Gasteiger partial charge in [-0.25, -0.2) is 0 Å². The normalized spacial score (nSPS) is 26.0. The molecule has 3 fully saturated rings. The number of aliphatic hydroxyl groups is 11. The fourth-order valence-corrected chi connectivity index (χ4v) is 14.0. The van der Waals surface area contributed by atoms with Gasteiger partial charge >= 0.3 is 0 Å². The molecule has 3 rings (SSSR count). The molecule has 0 spiro atoms. The SMILES string of the molecule is CC/C=C\C/C=C\C/C=C\C/C=C\C/C=C\C/C=C\C/C=C\CCCCCCCCCCCCCC(=O)NC(COC1OC(CO)C(OC2OC(CO)C(OC3OC(CO)C(O)C(O)C3O)C(O)C2O)C(O)C1O)C(O)/C=C/CC/C=C/CCCCCCCCCCCCCCCCCCCCCCCCCC. The molecule has 12 N–H and O–H groups in total. The first-order chi connectivity index (χ1) is 52.8. The van der Waals surface area contributed by atoms with Crippen LogP contribution in [-0.2, 0) is 33.2 Å². The van der Waals surface area contributed by atoms with E-state index in [1.165, 1.54) is 186 Å². The fourth-order valence-electron chi connectivity index (χ4n) is 14.0. The number of aliphatic hydroxyl groups excluding tert-OH is 11. The average molecular weight is 1530 g/mol. The Labute approximate surface area is 653 Å². The van der Waals surface area contributed by atoms with E-state index in [2.05, 4.69) is 116 Å². The predicted octanol–water partition coefficient (Wildman–Crippen LogP) is 15.7. The lowest BCUT2D eigenvalue weighted by Gasteiger charge is -2.48. The van der Waals surface area contributed by atoms with Gasteiger partial charge in [0.15, 0.2) is 18.9 Å². The first-order valence-electron chi connectivity index (χ1n) is 43.1. The number of rotatable bonds is 68. The molecule has 0 radical (unpaired) electrons. The molecule has 0 aromatic heterocycles. The molecule has 19 nitrogen and oxygen atoms in total. The highest BCUT2D eigenvalue weighted by atomic mass is 16.8. The summed E-state index contributed by atoms with van der Waals surface area (Å²) in [6.45, 7) is 1.63. The number of ether oxygens (including phenoxy) is 6. The van der Waals surface area contributed by atoms with Crippen LogP contribution in [0, 0.1) is 0 Å². The van der Waals surface area contributed by atoms with Crippen LogP contribution in [0.5, 0.6) is 0 Å². The van der Waals surface area contributed by atoms with Crippen molar-refractivity contribution in [1.29, 1.82) is 0 Å². The van der Waals surface area contributed by atoms with E-state index < -0.39 is 124 Å². The van der Waals surface area contributed by atoms with Crippen LogP contribution in [0.4, 0.5) is 0 Å². The van der Waals surface area contributed by atoms with Gasteiger partial charge in [0.25, 0.3) is 0 Å². The lowest BCUT2D eigenvalue weighted by atomic mass is 9.96. The maximum atomic E-state index is 13.5. The number of amides is 1. The second-order valence-electron chi connectivity index (χ2n) is 30.3. The summed E-state index contributed by atoms with van der Waals surface area (Å²) in [5.74, 6) is -0.290. The number of hydrogen-bond donors (Lipinski definition) is 12. The third kappa shape index (κ3) is 46.6. The van der Waals surface area contributed by atoms with Crippen molar-refractivity contribution in [2.24, 2.45) is 0 Å². The average Bonchev–Trinajstić information content (AvgIpc) is 0.779. The Balaban J connectivity index is 1.37. The van der Waals surface area contributed by atoms with Crippen molar-refractivity contribution in [2.75, 3.05) is 26.4 Å². The van der Waals surface area contributed by atoms with Crippen LogP contribution in [0.1, 0.15) is 316 Å². The Bertz CT molecular complexity index is 2380. The molecular weight excluding hydrogens is 1370 g/mol. The summed E-state index contributed by atoms with van der Waals surface area (Å²) in [4.78, 5) is 13.5. The van der Waals surface area contributed by atoms with E-state index in [9.17, 15) is 61.0 Å². The summed E-state index contributed by atoms with van der Waals surface area (Å²) in [7, 11) is 0. The summed E-state index contributed by atoms with van der Waals surface area (Å²) in [5.41, 5.74) is 0. The summed E-state index contributed by atoms with van der Waals surface area (Å²) in [6, 6.07) is -1.00. The second-order valence-corrected chi connectivity index (χ2v) is 30.3. The topological polar surface area (TPSA) is 307 Å². The van der Waals surface area contributed by atoms with Gasteiger partial charge in [-0.3, -0.25) is 4.79 Å². The van der Waals surface area contributed by atoms with Gasteiger partial charge in [0.2, 0.25) is 5.91 Å². The Hall–Kier alpha value is -3.55. The molecule has 108 heavy (non-hydrogen) atoms. The Morgan fingerprint density at radius 2 is 0.648 bits per heavy atom. The van der Waals surface area contributed by atoms with E-state index >= 15 is 0 Å². The van der Waals surface area contributed by atoms with Crippen molar-refractivity contribution in [3.05, 3.63) is 109 Å². The van der Waals surface area contributed by atoms with Gasteiger partial charge in [-0.1, -0.05) is 329 Å². The van der Waals surface area contributed by atoms with Crippen LogP contribution in [0.2, 0.25) is 0 Å².